The van der Waals surface area contributed by atoms with E-state index in [-0.39, 0.29) is 6.10 Å². The van der Waals surface area contributed by atoms with Crippen LogP contribution in [0.25, 0.3) is 0 Å². The summed E-state index contributed by atoms with van der Waals surface area (Å²) in [5, 5.41) is 3.33. The second-order valence-electron chi connectivity index (χ2n) is 7.18. The molecule has 4 nitrogen and oxygen atoms in total. The molecule has 2 atom stereocenters. The summed E-state index contributed by atoms with van der Waals surface area (Å²) in [4.78, 5) is 0.629. The first-order chi connectivity index (χ1) is 12.0. The summed E-state index contributed by atoms with van der Waals surface area (Å²) in [6.07, 6.45) is 1.15. The zero-order chi connectivity index (χ0) is 17.6. The first-order valence-corrected chi connectivity index (χ1v) is 10.3. The van der Waals surface area contributed by atoms with Gasteiger partial charge in [-0.25, -0.2) is 8.42 Å². The van der Waals surface area contributed by atoms with Crippen molar-refractivity contribution in [3.63, 3.8) is 0 Å². The van der Waals surface area contributed by atoms with E-state index in [9.17, 15) is 8.42 Å². The Bertz CT molecular complexity index is 888. The molecule has 2 aliphatic rings. The third-order valence-electron chi connectivity index (χ3n) is 5.26. The van der Waals surface area contributed by atoms with E-state index < -0.39 is 9.84 Å². The van der Waals surface area contributed by atoms with Gasteiger partial charge in [-0.1, -0.05) is 32.0 Å². The van der Waals surface area contributed by atoms with Gasteiger partial charge in [-0.05, 0) is 48.7 Å². The minimum Gasteiger partial charge on any atom is -0.488 e. The first-order valence-electron chi connectivity index (χ1n) is 8.83. The maximum Gasteiger partial charge on any atom is 0.206 e. The molecule has 1 saturated heterocycles. The van der Waals surface area contributed by atoms with Crippen LogP contribution >= 0.6 is 0 Å². The Hall–Kier alpha value is -1.85. The van der Waals surface area contributed by atoms with Crippen LogP contribution in [0.2, 0.25) is 0 Å². The molecule has 1 N–H and O–H groups in total. The molecule has 5 heteroatoms. The van der Waals surface area contributed by atoms with Crippen molar-refractivity contribution in [2.75, 3.05) is 13.1 Å². The third kappa shape index (κ3) is 2.85. The van der Waals surface area contributed by atoms with Crippen LogP contribution in [0.4, 0.5) is 0 Å². The molecule has 0 saturated carbocycles. The van der Waals surface area contributed by atoms with Crippen LogP contribution < -0.4 is 10.1 Å². The lowest BCUT2D eigenvalue weighted by Gasteiger charge is -2.24. The largest absolute Gasteiger partial charge is 0.488 e. The molecule has 2 aliphatic heterocycles. The van der Waals surface area contributed by atoms with E-state index in [0.29, 0.717) is 21.6 Å². The van der Waals surface area contributed by atoms with Crippen LogP contribution in [-0.2, 0) is 9.84 Å². The van der Waals surface area contributed by atoms with Gasteiger partial charge in [0.1, 0.15) is 11.9 Å². The summed E-state index contributed by atoms with van der Waals surface area (Å²) in [7, 11) is -3.53. The molecule has 2 aromatic rings. The Balaban J connectivity index is 1.68. The van der Waals surface area contributed by atoms with Crippen LogP contribution in [0.1, 0.15) is 43.2 Å². The highest BCUT2D eigenvalue weighted by atomic mass is 32.2. The smallest absolute Gasteiger partial charge is 0.206 e. The van der Waals surface area contributed by atoms with Gasteiger partial charge in [0.25, 0.3) is 0 Å². The van der Waals surface area contributed by atoms with Crippen molar-refractivity contribution in [1.82, 2.24) is 5.32 Å². The summed E-state index contributed by atoms with van der Waals surface area (Å²) in [6, 6.07) is 12.5. The van der Waals surface area contributed by atoms with E-state index in [1.54, 1.807) is 24.3 Å². The molecule has 4 rings (SSSR count). The minimum atomic E-state index is -3.53. The van der Waals surface area contributed by atoms with Crippen LogP contribution in [0.5, 0.6) is 5.75 Å². The van der Waals surface area contributed by atoms with Crippen LogP contribution in [0, 0.1) is 0 Å². The number of rotatable bonds is 3. The first kappa shape index (κ1) is 16.6. The van der Waals surface area contributed by atoms with Gasteiger partial charge >= 0.3 is 0 Å². The fraction of sp³-hybridized carbons (Fsp3) is 0.400. The zero-order valence-corrected chi connectivity index (χ0v) is 15.3. The van der Waals surface area contributed by atoms with Crippen molar-refractivity contribution in [3.8, 4) is 5.75 Å². The van der Waals surface area contributed by atoms with Gasteiger partial charge in [0, 0.05) is 18.0 Å². The van der Waals surface area contributed by atoms with E-state index in [1.165, 1.54) is 0 Å². The number of benzene rings is 2. The van der Waals surface area contributed by atoms with Crippen LogP contribution in [0.15, 0.2) is 52.3 Å². The maximum absolute atomic E-state index is 13.0. The fourth-order valence-electron chi connectivity index (χ4n) is 3.73. The average Bonchev–Trinajstić information content (AvgIpc) is 2.99. The molecule has 0 amide bonds. The number of nitrogens with one attached hydrogen (secondary N) is 1. The Morgan fingerprint density at radius 3 is 2.52 bits per heavy atom. The van der Waals surface area contributed by atoms with Crippen molar-refractivity contribution in [2.45, 2.75) is 48.0 Å². The number of piperidine rings is 1. The number of ether oxygens (including phenoxy) is 1. The highest BCUT2D eigenvalue weighted by Gasteiger charge is 2.36. The molecule has 25 heavy (non-hydrogen) atoms. The summed E-state index contributed by atoms with van der Waals surface area (Å²) < 4.78 is 31.9. The van der Waals surface area contributed by atoms with Crippen molar-refractivity contribution < 1.29 is 13.2 Å². The second kappa shape index (κ2) is 6.15. The molecule has 0 radical (unpaired) electrons. The van der Waals surface area contributed by atoms with E-state index in [4.69, 9.17) is 4.74 Å². The van der Waals surface area contributed by atoms with E-state index in [1.807, 2.05) is 18.2 Å². The number of fused-ring (bicyclic) bond motifs is 3. The normalized spacial score (nSPS) is 22.4. The van der Waals surface area contributed by atoms with Gasteiger partial charge < -0.3 is 10.1 Å². The maximum atomic E-state index is 13.0. The lowest BCUT2D eigenvalue weighted by Crippen LogP contribution is -2.39. The van der Waals surface area contributed by atoms with Crippen molar-refractivity contribution >= 4 is 9.84 Å². The third-order valence-corrected chi connectivity index (χ3v) is 7.02. The Morgan fingerprint density at radius 2 is 1.80 bits per heavy atom. The molecule has 132 valence electrons. The number of sulfone groups is 1. The molecule has 0 spiro atoms. The van der Waals surface area contributed by atoms with Gasteiger partial charge in [-0.15, -0.1) is 0 Å². The lowest BCUT2D eigenvalue weighted by atomic mass is 9.90. The standard InChI is InChI=1S/C20H23NO3S/c1-13(2)14-3-5-15(6-4-14)25(22,23)16-7-8-17-18-9-10-21-12-20(18)24-19(17)11-16/h3-8,11,13,18,20-21H,9-10,12H2,1-2H3. The number of hydrogen-bond donors (Lipinski definition) is 1. The SMILES string of the molecule is CC(C)c1ccc(S(=O)(=O)c2ccc3c(c2)OC2CNCCC32)cc1. The van der Waals surface area contributed by atoms with Gasteiger partial charge in [-0.2, -0.15) is 0 Å². The predicted octanol–water partition coefficient (Wildman–Crippen LogP) is 3.48. The highest BCUT2D eigenvalue weighted by Crippen LogP contribution is 2.42. The van der Waals surface area contributed by atoms with Gasteiger partial charge in [-0.3, -0.25) is 0 Å². The molecule has 2 unspecified atom stereocenters. The molecule has 0 bridgehead atoms. The Morgan fingerprint density at radius 1 is 1.08 bits per heavy atom. The molecular formula is C20H23NO3S. The van der Waals surface area contributed by atoms with Crippen molar-refractivity contribution in [3.05, 3.63) is 53.6 Å². The summed E-state index contributed by atoms with van der Waals surface area (Å²) >= 11 is 0. The lowest BCUT2D eigenvalue weighted by molar-refractivity contribution is 0.176. The number of hydrogen-bond acceptors (Lipinski definition) is 4. The summed E-state index contributed by atoms with van der Waals surface area (Å²) in [5.41, 5.74) is 2.27. The molecule has 0 aromatic heterocycles. The minimum absolute atomic E-state index is 0.118. The topological polar surface area (TPSA) is 55.4 Å². The van der Waals surface area contributed by atoms with Crippen LogP contribution in [0.3, 0.4) is 0 Å². The molecular weight excluding hydrogens is 334 g/mol. The predicted molar refractivity (Wildman–Crippen MR) is 97.1 cm³/mol. The molecule has 2 heterocycles. The van der Waals surface area contributed by atoms with Crippen LogP contribution in [-0.4, -0.2) is 27.6 Å². The van der Waals surface area contributed by atoms with E-state index in [2.05, 4.69) is 19.2 Å². The van der Waals surface area contributed by atoms with Crippen molar-refractivity contribution in [2.24, 2.45) is 0 Å². The molecule has 1 fully saturated rings. The van der Waals surface area contributed by atoms with Gasteiger partial charge in [0.2, 0.25) is 9.84 Å². The van der Waals surface area contributed by atoms with E-state index in [0.717, 1.165) is 36.4 Å². The van der Waals surface area contributed by atoms with Gasteiger partial charge in [0.05, 0.1) is 9.79 Å². The molecule has 2 aromatic carbocycles. The monoisotopic (exact) mass is 357 g/mol. The van der Waals surface area contributed by atoms with E-state index >= 15 is 0 Å². The Labute approximate surface area is 149 Å². The second-order valence-corrected chi connectivity index (χ2v) is 9.13. The average molecular weight is 357 g/mol. The summed E-state index contributed by atoms with van der Waals surface area (Å²) in [6.45, 7) is 5.98. The fourth-order valence-corrected chi connectivity index (χ4v) is 5.01. The molecule has 0 aliphatic carbocycles. The Kier molecular flexibility index (Phi) is 4.08. The zero-order valence-electron chi connectivity index (χ0n) is 14.5. The summed E-state index contributed by atoms with van der Waals surface area (Å²) in [5.74, 6) is 1.47. The van der Waals surface area contributed by atoms with Gasteiger partial charge in [0.15, 0.2) is 0 Å². The highest BCUT2D eigenvalue weighted by molar-refractivity contribution is 7.91. The quantitative estimate of drug-likeness (QED) is 0.914. The van der Waals surface area contributed by atoms with Crippen molar-refractivity contribution in [1.29, 1.82) is 0 Å².